The third kappa shape index (κ3) is 3.83. The van der Waals surface area contributed by atoms with Crippen LogP contribution in [0.1, 0.15) is 19.4 Å². The van der Waals surface area contributed by atoms with E-state index in [0.29, 0.717) is 17.0 Å². The predicted octanol–water partition coefficient (Wildman–Crippen LogP) is 1.12. The molecule has 0 amide bonds. The number of sulfonamides is 1. The van der Waals surface area contributed by atoms with Crippen LogP contribution in [0.15, 0.2) is 29.2 Å². The van der Waals surface area contributed by atoms with E-state index in [1.165, 1.54) is 4.31 Å². The van der Waals surface area contributed by atoms with Crippen LogP contribution in [-0.2, 0) is 16.6 Å². The minimum Gasteiger partial charge on any atom is -0.311 e. The Bertz CT molecular complexity index is 586. The molecule has 2 unspecified atom stereocenters. The quantitative estimate of drug-likeness (QED) is 0.905. The van der Waals surface area contributed by atoms with Crippen LogP contribution in [0.5, 0.6) is 0 Å². The van der Waals surface area contributed by atoms with Crippen molar-refractivity contribution < 1.29 is 8.42 Å². The lowest BCUT2D eigenvalue weighted by atomic mass is 10.1. The summed E-state index contributed by atoms with van der Waals surface area (Å²) in [4.78, 5) is 2.75. The second-order valence-corrected chi connectivity index (χ2v) is 8.17. The second-order valence-electron chi connectivity index (χ2n) is 6.02. The van der Waals surface area contributed by atoms with Crippen LogP contribution in [0.2, 0.25) is 0 Å². The zero-order valence-corrected chi connectivity index (χ0v) is 14.0. The van der Waals surface area contributed by atoms with Gasteiger partial charge in [-0.2, -0.15) is 0 Å². The van der Waals surface area contributed by atoms with Gasteiger partial charge in [0.05, 0.1) is 4.90 Å². The van der Waals surface area contributed by atoms with Crippen molar-refractivity contribution in [3.05, 3.63) is 29.8 Å². The van der Waals surface area contributed by atoms with Crippen molar-refractivity contribution in [2.45, 2.75) is 37.4 Å². The molecule has 21 heavy (non-hydrogen) atoms. The maximum absolute atomic E-state index is 12.2. The molecule has 1 saturated heterocycles. The van der Waals surface area contributed by atoms with Gasteiger partial charge in [0.1, 0.15) is 0 Å². The second kappa shape index (κ2) is 6.44. The molecular formula is C15H25N3O2S. The summed E-state index contributed by atoms with van der Waals surface area (Å²) in [6.45, 7) is 7.09. The van der Waals surface area contributed by atoms with Crippen molar-refractivity contribution in [1.82, 2.24) is 14.5 Å². The van der Waals surface area contributed by atoms with Crippen LogP contribution in [0.4, 0.5) is 0 Å². The van der Waals surface area contributed by atoms with Gasteiger partial charge in [0.15, 0.2) is 0 Å². The standard InChI is InChI=1S/C15H25N3O2S/c1-12-10-18(13(2)9-16-12)11-14-6-5-7-15(8-14)21(19,20)17(3)4/h5-8,12-13,16H,9-11H2,1-4H3. The van der Waals surface area contributed by atoms with E-state index in [-0.39, 0.29) is 0 Å². The molecule has 2 rings (SSSR count). The minimum atomic E-state index is -3.36. The summed E-state index contributed by atoms with van der Waals surface area (Å²) in [5.41, 5.74) is 1.04. The Labute approximate surface area is 128 Å². The van der Waals surface area contributed by atoms with Gasteiger partial charge in [0.2, 0.25) is 10.0 Å². The van der Waals surface area contributed by atoms with Gasteiger partial charge in [-0.05, 0) is 31.5 Å². The summed E-state index contributed by atoms with van der Waals surface area (Å²) in [5, 5.41) is 3.45. The summed E-state index contributed by atoms with van der Waals surface area (Å²) in [7, 11) is -0.247. The fraction of sp³-hybridized carbons (Fsp3) is 0.600. The van der Waals surface area contributed by atoms with Crippen molar-refractivity contribution in [3.8, 4) is 0 Å². The summed E-state index contributed by atoms with van der Waals surface area (Å²) in [5.74, 6) is 0. The van der Waals surface area contributed by atoms with E-state index >= 15 is 0 Å². The number of hydrogen-bond acceptors (Lipinski definition) is 4. The molecule has 1 aromatic rings. The number of hydrogen-bond donors (Lipinski definition) is 1. The van der Waals surface area contributed by atoms with Crippen LogP contribution in [0, 0.1) is 0 Å². The van der Waals surface area contributed by atoms with Crippen molar-refractivity contribution in [2.75, 3.05) is 27.2 Å². The number of rotatable bonds is 4. The van der Waals surface area contributed by atoms with Crippen LogP contribution in [0.3, 0.4) is 0 Å². The van der Waals surface area contributed by atoms with Crippen LogP contribution < -0.4 is 5.32 Å². The smallest absolute Gasteiger partial charge is 0.242 e. The van der Waals surface area contributed by atoms with E-state index in [9.17, 15) is 8.42 Å². The van der Waals surface area contributed by atoms with E-state index in [2.05, 4.69) is 24.1 Å². The highest BCUT2D eigenvalue weighted by Gasteiger charge is 2.23. The Kier molecular flexibility index (Phi) is 5.03. The zero-order valence-electron chi connectivity index (χ0n) is 13.2. The number of nitrogens with zero attached hydrogens (tertiary/aromatic N) is 2. The van der Waals surface area contributed by atoms with E-state index in [4.69, 9.17) is 0 Å². The van der Waals surface area contributed by atoms with Crippen LogP contribution in [0.25, 0.3) is 0 Å². The molecule has 1 fully saturated rings. The first kappa shape index (κ1) is 16.4. The third-order valence-corrected chi connectivity index (χ3v) is 5.77. The van der Waals surface area contributed by atoms with E-state index in [1.807, 2.05) is 12.1 Å². The molecule has 0 spiro atoms. The molecule has 0 bridgehead atoms. The molecule has 0 saturated carbocycles. The molecule has 1 heterocycles. The monoisotopic (exact) mass is 311 g/mol. The maximum atomic E-state index is 12.2. The first-order valence-corrected chi connectivity index (χ1v) is 8.73. The zero-order chi connectivity index (χ0) is 15.6. The molecule has 0 aromatic heterocycles. The Balaban J connectivity index is 2.18. The average molecular weight is 311 g/mol. The fourth-order valence-corrected chi connectivity index (χ4v) is 3.54. The first-order valence-electron chi connectivity index (χ1n) is 7.29. The highest BCUT2D eigenvalue weighted by atomic mass is 32.2. The molecule has 118 valence electrons. The lowest BCUT2D eigenvalue weighted by Gasteiger charge is -2.37. The van der Waals surface area contributed by atoms with Gasteiger partial charge in [-0.3, -0.25) is 4.90 Å². The molecule has 0 radical (unpaired) electrons. The summed E-state index contributed by atoms with van der Waals surface area (Å²) >= 11 is 0. The lowest BCUT2D eigenvalue weighted by molar-refractivity contribution is 0.139. The van der Waals surface area contributed by atoms with Gasteiger partial charge in [-0.15, -0.1) is 0 Å². The molecule has 0 aliphatic carbocycles. The SMILES string of the molecule is CC1CN(Cc2cccc(S(=O)(=O)N(C)C)c2)C(C)CN1. The number of piperazine rings is 1. The van der Waals surface area contributed by atoms with Crippen LogP contribution in [-0.4, -0.2) is 56.9 Å². The summed E-state index contributed by atoms with van der Waals surface area (Å²) < 4.78 is 25.6. The number of benzene rings is 1. The van der Waals surface area contributed by atoms with Crippen molar-refractivity contribution >= 4 is 10.0 Å². The summed E-state index contributed by atoms with van der Waals surface area (Å²) in [6.07, 6.45) is 0. The van der Waals surface area contributed by atoms with Crippen molar-refractivity contribution in [2.24, 2.45) is 0 Å². The third-order valence-electron chi connectivity index (χ3n) is 3.96. The van der Waals surface area contributed by atoms with Gasteiger partial charge < -0.3 is 5.32 Å². The maximum Gasteiger partial charge on any atom is 0.242 e. The highest BCUT2D eigenvalue weighted by molar-refractivity contribution is 7.89. The first-order chi connectivity index (χ1) is 9.80. The Morgan fingerprint density at radius 1 is 1.33 bits per heavy atom. The predicted molar refractivity (Wildman–Crippen MR) is 84.7 cm³/mol. The van der Waals surface area contributed by atoms with E-state index in [1.54, 1.807) is 26.2 Å². The molecule has 6 heteroatoms. The van der Waals surface area contributed by atoms with Crippen molar-refractivity contribution in [1.29, 1.82) is 0 Å². The van der Waals surface area contributed by atoms with Gasteiger partial charge in [-0.1, -0.05) is 12.1 Å². The molecule has 2 atom stereocenters. The normalized spacial score (nSPS) is 24.4. The van der Waals surface area contributed by atoms with Gasteiger partial charge in [-0.25, -0.2) is 12.7 Å². The summed E-state index contributed by atoms with van der Waals surface area (Å²) in [6, 6.07) is 8.18. The van der Waals surface area contributed by atoms with Gasteiger partial charge in [0, 0.05) is 45.8 Å². The Morgan fingerprint density at radius 2 is 2.05 bits per heavy atom. The molecular weight excluding hydrogens is 286 g/mol. The molecule has 1 N–H and O–H groups in total. The highest BCUT2D eigenvalue weighted by Crippen LogP contribution is 2.18. The lowest BCUT2D eigenvalue weighted by Crippen LogP contribution is -2.53. The minimum absolute atomic E-state index is 0.362. The Morgan fingerprint density at radius 3 is 2.71 bits per heavy atom. The molecule has 5 nitrogen and oxygen atoms in total. The van der Waals surface area contributed by atoms with Crippen LogP contribution >= 0.6 is 0 Å². The molecule has 1 aromatic carbocycles. The molecule has 1 aliphatic heterocycles. The molecule has 1 aliphatic rings. The van der Waals surface area contributed by atoms with Gasteiger partial charge in [0.25, 0.3) is 0 Å². The van der Waals surface area contributed by atoms with Crippen molar-refractivity contribution in [3.63, 3.8) is 0 Å². The number of nitrogens with one attached hydrogen (secondary N) is 1. The van der Waals surface area contributed by atoms with Gasteiger partial charge >= 0.3 is 0 Å². The topological polar surface area (TPSA) is 52.7 Å². The van der Waals surface area contributed by atoms with E-state index < -0.39 is 10.0 Å². The largest absolute Gasteiger partial charge is 0.311 e. The average Bonchev–Trinajstić information content (AvgIpc) is 2.43. The van der Waals surface area contributed by atoms with E-state index in [0.717, 1.165) is 25.2 Å². The Hall–Kier alpha value is -0.950. The fourth-order valence-electron chi connectivity index (χ4n) is 2.57.